The summed E-state index contributed by atoms with van der Waals surface area (Å²) in [5, 5.41) is 7.92. The van der Waals surface area contributed by atoms with E-state index < -0.39 is 15.9 Å². The van der Waals surface area contributed by atoms with Crippen molar-refractivity contribution >= 4 is 27.5 Å². The molecule has 0 fully saturated rings. The van der Waals surface area contributed by atoms with Gasteiger partial charge in [-0.15, -0.1) is 0 Å². The highest BCUT2D eigenvalue weighted by molar-refractivity contribution is 7.89. The Balaban J connectivity index is 2.08. The van der Waals surface area contributed by atoms with Gasteiger partial charge in [0.1, 0.15) is 5.75 Å². The van der Waals surface area contributed by atoms with E-state index in [-0.39, 0.29) is 15.5 Å². The summed E-state index contributed by atoms with van der Waals surface area (Å²) in [7, 11) is -2.32. The third-order valence-electron chi connectivity index (χ3n) is 3.38. The molecule has 0 saturated carbocycles. The molecule has 8 heteroatoms. The van der Waals surface area contributed by atoms with Gasteiger partial charge in [0.05, 0.1) is 22.6 Å². The molecular formula is C16H17ClN2O4S. The van der Waals surface area contributed by atoms with Crippen molar-refractivity contribution in [1.82, 2.24) is 5.32 Å². The number of nitrogens with one attached hydrogen (secondary N) is 1. The minimum Gasteiger partial charge on any atom is -0.496 e. The van der Waals surface area contributed by atoms with Crippen LogP contribution in [0.5, 0.6) is 5.75 Å². The van der Waals surface area contributed by atoms with Crippen molar-refractivity contribution in [3.63, 3.8) is 0 Å². The summed E-state index contributed by atoms with van der Waals surface area (Å²) in [5.74, 6) is 0.265. The number of methoxy groups -OCH3 is 1. The van der Waals surface area contributed by atoms with E-state index in [9.17, 15) is 13.2 Å². The zero-order valence-corrected chi connectivity index (χ0v) is 14.5. The molecule has 0 bridgehead atoms. The van der Waals surface area contributed by atoms with Crippen LogP contribution >= 0.6 is 11.6 Å². The molecule has 24 heavy (non-hydrogen) atoms. The second kappa shape index (κ2) is 7.65. The fourth-order valence-electron chi connectivity index (χ4n) is 2.17. The molecule has 0 aliphatic carbocycles. The number of hydrogen-bond acceptors (Lipinski definition) is 4. The van der Waals surface area contributed by atoms with Gasteiger partial charge in [-0.3, -0.25) is 4.79 Å². The highest BCUT2D eigenvalue weighted by atomic mass is 35.5. The van der Waals surface area contributed by atoms with Crippen molar-refractivity contribution in [2.75, 3.05) is 13.7 Å². The van der Waals surface area contributed by atoms with Crippen LogP contribution in [-0.2, 0) is 16.4 Å². The van der Waals surface area contributed by atoms with Crippen LogP contribution < -0.4 is 15.2 Å². The lowest BCUT2D eigenvalue weighted by atomic mass is 10.1. The van der Waals surface area contributed by atoms with Gasteiger partial charge in [-0.2, -0.15) is 0 Å². The zero-order valence-electron chi connectivity index (χ0n) is 13.0. The number of carbonyl (C=O) groups is 1. The number of benzene rings is 2. The number of halogens is 1. The number of ether oxygens (including phenoxy) is 1. The Morgan fingerprint density at radius 2 is 1.96 bits per heavy atom. The summed E-state index contributed by atoms with van der Waals surface area (Å²) in [6.45, 7) is 0.342. The van der Waals surface area contributed by atoms with Crippen molar-refractivity contribution < 1.29 is 17.9 Å². The summed E-state index contributed by atoms with van der Waals surface area (Å²) in [5.41, 5.74) is 1.01. The highest BCUT2D eigenvalue weighted by Crippen LogP contribution is 2.20. The number of rotatable bonds is 6. The number of sulfonamides is 1. The lowest BCUT2D eigenvalue weighted by Gasteiger charge is -2.10. The van der Waals surface area contributed by atoms with E-state index in [0.29, 0.717) is 13.0 Å². The molecule has 0 radical (unpaired) electrons. The summed E-state index contributed by atoms with van der Waals surface area (Å²) < 4.78 is 28.0. The van der Waals surface area contributed by atoms with Gasteiger partial charge in [0, 0.05) is 6.54 Å². The van der Waals surface area contributed by atoms with Crippen LogP contribution in [0.15, 0.2) is 47.4 Å². The topological polar surface area (TPSA) is 98.5 Å². The molecule has 2 rings (SSSR count). The van der Waals surface area contributed by atoms with Crippen LogP contribution in [0, 0.1) is 0 Å². The van der Waals surface area contributed by atoms with E-state index in [2.05, 4.69) is 5.32 Å². The average molecular weight is 369 g/mol. The van der Waals surface area contributed by atoms with Crippen LogP contribution in [0.25, 0.3) is 0 Å². The van der Waals surface area contributed by atoms with Crippen molar-refractivity contribution in [1.29, 1.82) is 0 Å². The molecule has 0 aromatic heterocycles. The maximum Gasteiger partial charge on any atom is 0.252 e. The standard InChI is InChI=1S/C16H17ClN2O4S/c1-23-15-5-3-2-4-11(15)8-9-19-16(20)13-10-12(24(18,21)22)6-7-14(13)17/h2-7,10H,8-9H2,1H3,(H,19,20)(H2,18,21,22). The zero-order chi connectivity index (χ0) is 17.7. The molecule has 0 saturated heterocycles. The third-order valence-corrected chi connectivity index (χ3v) is 4.62. The Morgan fingerprint density at radius 3 is 2.62 bits per heavy atom. The summed E-state index contributed by atoms with van der Waals surface area (Å²) in [4.78, 5) is 12.1. The first-order valence-electron chi connectivity index (χ1n) is 7.05. The normalized spacial score (nSPS) is 11.1. The van der Waals surface area contributed by atoms with Crippen molar-refractivity contribution in [3.8, 4) is 5.75 Å². The molecule has 3 N–H and O–H groups in total. The number of hydrogen-bond donors (Lipinski definition) is 2. The van der Waals surface area contributed by atoms with Gasteiger partial charge >= 0.3 is 0 Å². The molecular weight excluding hydrogens is 352 g/mol. The summed E-state index contributed by atoms with van der Waals surface area (Å²) in [6, 6.07) is 11.2. The molecule has 0 heterocycles. The second-order valence-corrected chi connectivity index (χ2v) is 6.97. The van der Waals surface area contributed by atoms with E-state index in [4.69, 9.17) is 21.5 Å². The number of amides is 1. The maximum absolute atomic E-state index is 12.2. The lowest BCUT2D eigenvalue weighted by Crippen LogP contribution is -2.26. The molecule has 0 aliphatic heterocycles. The smallest absolute Gasteiger partial charge is 0.252 e. The minimum atomic E-state index is -3.90. The summed E-state index contributed by atoms with van der Waals surface area (Å²) >= 11 is 5.97. The van der Waals surface area contributed by atoms with Crippen LogP contribution in [0.1, 0.15) is 15.9 Å². The molecule has 2 aromatic rings. The highest BCUT2D eigenvalue weighted by Gasteiger charge is 2.15. The number of carbonyl (C=O) groups excluding carboxylic acids is 1. The molecule has 1 amide bonds. The Kier molecular flexibility index (Phi) is 5.82. The molecule has 0 aliphatic rings. The van der Waals surface area contributed by atoms with Crippen molar-refractivity contribution in [2.45, 2.75) is 11.3 Å². The first-order valence-corrected chi connectivity index (χ1v) is 8.98. The van der Waals surface area contributed by atoms with Crippen LogP contribution in [-0.4, -0.2) is 28.0 Å². The molecule has 128 valence electrons. The molecule has 2 aromatic carbocycles. The first-order chi connectivity index (χ1) is 11.3. The quantitative estimate of drug-likeness (QED) is 0.814. The maximum atomic E-state index is 12.2. The lowest BCUT2D eigenvalue weighted by molar-refractivity contribution is 0.0954. The van der Waals surface area contributed by atoms with Gasteiger partial charge in [-0.1, -0.05) is 29.8 Å². The SMILES string of the molecule is COc1ccccc1CCNC(=O)c1cc(S(N)(=O)=O)ccc1Cl. The summed E-state index contributed by atoms with van der Waals surface area (Å²) in [6.07, 6.45) is 0.558. The fourth-order valence-corrected chi connectivity index (χ4v) is 2.91. The molecule has 6 nitrogen and oxygen atoms in total. The Bertz CT molecular complexity index is 853. The predicted octanol–water partition coefficient (Wildman–Crippen LogP) is 1.97. The largest absolute Gasteiger partial charge is 0.496 e. The van der Waals surface area contributed by atoms with Gasteiger partial charge in [-0.05, 0) is 36.2 Å². The van der Waals surface area contributed by atoms with Gasteiger partial charge in [0.25, 0.3) is 5.91 Å². The molecule has 0 spiro atoms. The Labute approximate surface area is 145 Å². The number of nitrogens with two attached hydrogens (primary N) is 1. The van der Waals surface area contributed by atoms with Crippen LogP contribution in [0.3, 0.4) is 0 Å². The van der Waals surface area contributed by atoms with Crippen LogP contribution in [0.4, 0.5) is 0 Å². The van der Waals surface area contributed by atoms with E-state index in [1.165, 1.54) is 12.1 Å². The van der Waals surface area contributed by atoms with Crippen molar-refractivity contribution in [2.24, 2.45) is 5.14 Å². The molecule has 0 atom stereocenters. The third kappa shape index (κ3) is 4.47. The van der Waals surface area contributed by atoms with Gasteiger partial charge in [-0.25, -0.2) is 13.6 Å². The first kappa shape index (κ1) is 18.3. The van der Waals surface area contributed by atoms with Gasteiger partial charge in [0.15, 0.2) is 0 Å². The van der Waals surface area contributed by atoms with E-state index in [1.807, 2.05) is 24.3 Å². The van der Waals surface area contributed by atoms with Gasteiger partial charge in [0.2, 0.25) is 10.0 Å². The van der Waals surface area contributed by atoms with Crippen LogP contribution in [0.2, 0.25) is 5.02 Å². The monoisotopic (exact) mass is 368 g/mol. The van der Waals surface area contributed by atoms with E-state index in [1.54, 1.807) is 7.11 Å². The second-order valence-electron chi connectivity index (χ2n) is 5.00. The van der Waals surface area contributed by atoms with Crippen molar-refractivity contribution in [3.05, 3.63) is 58.6 Å². The van der Waals surface area contributed by atoms with Gasteiger partial charge < -0.3 is 10.1 Å². The molecule has 0 unspecified atom stereocenters. The number of para-hydroxylation sites is 1. The van der Waals surface area contributed by atoms with E-state index in [0.717, 1.165) is 17.4 Å². The van der Waals surface area contributed by atoms with E-state index >= 15 is 0 Å². The Hall–Kier alpha value is -2.09. The fraction of sp³-hybridized carbons (Fsp3) is 0.188. The average Bonchev–Trinajstić information content (AvgIpc) is 2.54. The number of primary sulfonamides is 1. The minimum absolute atomic E-state index is 0.0585. The predicted molar refractivity (Wildman–Crippen MR) is 91.9 cm³/mol. The Morgan fingerprint density at radius 1 is 1.25 bits per heavy atom.